The third-order valence-electron chi connectivity index (χ3n) is 3.11. The highest BCUT2D eigenvalue weighted by atomic mass is 32.2. The molecule has 0 bridgehead atoms. The van der Waals surface area contributed by atoms with Crippen LogP contribution in [0.2, 0.25) is 0 Å². The minimum absolute atomic E-state index is 0.133. The number of phenolic OH excluding ortho intramolecular Hbond substituents is 2. The van der Waals surface area contributed by atoms with Crippen molar-refractivity contribution in [1.82, 2.24) is 0 Å². The summed E-state index contributed by atoms with van der Waals surface area (Å²) in [6.07, 6.45) is 0. The molecule has 0 spiro atoms. The Bertz CT molecular complexity index is 676. The molecule has 0 aliphatic rings. The van der Waals surface area contributed by atoms with E-state index in [0.29, 0.717) is 5.56 Å². The molecule has 0 atom stereocenters. The van der Waals surface area contributed by atoms with Crippen LogP contribution >= 0.6 is 0 Å². The molecule has 4 nitrogen and oxygen atoms in total. The summed E-state index contributed by atoms with van der Waals surface area (Å²) in [5.74, 6) is -1.07. The molecular formula is C14H14O4S. The smallest absolute Gasteiger partial charge is 0.210 e. The fourth-order valence-corrected chi connectivity index (χ4v) is 3.54. The Hall–Kier alpha value is -2.01. The first-order chi connectivity index (χ1) is 8.85. The van der Waals surface area contributed by atoms with Crippen LogP contribution in [0, 0.1) is 13.8 Å². The second-order valence-electron chi connectivity index (χ2n) is 4.33. The largest absolute Gasteiger partial charge is 0.504 e. The van der Waals surface area contributed by atoms with Crippen LogP contribution in [0.4, 0.5) is 0 Å². The minimum Gasteiger partial charge on any atom is -0.504 e. The van der Waals surface area contributed by atoms with Crippen molar-refractivity contribution in [1.29, 1.82) is 0 Å². The Kier molecular flexibility index (Phi) is 3.24. The maximum Gasteiger partial charge on any atom is 0.210 e. The molecule has 0 fully saturated rings. The van der Waals surface area contributed by atoms with E-state index >= 15 is 0 Å². The first kappa shape index (κ1) is 13.4. The molecule has 0 aromatic heterocycles. The molecule has 0 radical (unpaired) electrons. The van der Waals surface area contributed by atoms with Gasteiger partial charge in [0, 0.05) is 0 Å². The van der Waals surface area contributed by atoms with Crippen molar-refractivity contribution >= 4 is 9.84 Å². The van der Waals surface area contributed by atoms with Crippen LogP contribution in [0.3, 0.4) is 0 Å². The highest BCUT2D eigenvalue weighted by Gasteiger charge is 2.25. The van der Waals surface area contributed by atoms with E-state index in [9.17, 15) is 18.6 Å². The van der Waals surface area contributed by atoms with Crippen LogP contribution in [0.25, 0.3) is 0 Å². The zero-order valence-electron chi connectivity index (χ0n) is 10.6. The minimum atomic E-state index is -3.86. The summed E-state index contributed by atoms with van der Waals surface area (Å²) in [6, 6.07) is 8.84. The first-order valence-corrected chi connectivity index (χ1v) is 7.16. The lowest BCUT2D eigenvalue weighted by Crippen LogP contribution is -2.05. The van der Waals surface area contributed by atoms with Gasteiger partial charge in [-0.2, -0.15) is 0 Å². The summed E-state index contributed by atoms with van der Waals surface area (Å²) in [7, 11) is -3.86. The zero-order valence-corrected chi connectivity index (χ0v) is 11.4. The second-order valence-corrected chi connectivity index (χ2v) is 6.21. The van der Waals surface area contributed by atoms with Crippen molar-refractivity contribution in [3.8, 4) is 11.5 Å². The lowest BCUT2D eigenvalue weighted by atomic mass is 10.1. The topological polar surface area (TPSA) is 74.6 Å². The van der Waals surface area contributed by atoms with Crippen molar-refractivity contribution < 1.29 is 18.6 Å². The van der Waals surface area contributed by atoms with E-state index in [-0.39, 0.29) is 9.79 Å². The molecule has 0 aliphatic carbocycles. The monoisotopic (exact) mass is 278 g/mol. The molecule has 100 valence electrons. The molecule has 2 aromatic carbocycles. The molecule has 0 saturated heterocycles. The maximum absolute atomic E-state index is 12.5. The molecule has 0 heterocycles. The van der Waals surface area contributed by atoms with Crippen LogP contribution < -0.4 is 0 Å². The third-order valence-corrected chi connectivity index (χ3v) is 5.04. The van der Waals surface area contributed by atoms with Gasteiger partial charge in [-0.15, -0.1) is 0 Å². The summed E-state index contributed by atoms with van der Waals surface area (Å²) in [4.78, 5) is -0.158. The second kappa shape index (κ2) is 4.59. The average molecular weight is 278 g/mol. The van der Waals surface area contributed by atoms with Gasteiger partial charge in [-0.05, 0) is 43.2 Å². The number of aryl methyl sites for hydroxylation is 1. The molecule has 0 amide bonds. The van der Waals surface area contributed by atoms with Crippen molar-refractivity contribution in [2.75, 3.05) is 0 Å². The molecule has 5 heteroatoms. The van der Waals surface area contributed by atoms with Crippen molar-refractivity contribution in [3.63, 3.8) is 0 Å². The van der Waals surface area contributed by atoms with Gasteiger partial charge in [-0.25, -0.2) is 8.42 Å². The summed E-state index contributed by atoms with van der Waals surface area (Å²) >= 11 is 0. The molecule has 0 aliphatic heterocycles. The van der Waals surface area contributed by atoms with Crippen molar-refractivity contribution in [2.45, 2.75) is 23.6 Å². The van der Waals surface area contributed by atoms with Crippen LogP contribution in [0.5, 0.6) is 11.5 Å². The van der Waals surface area contributed by atoms with E-state index in [1.165, 1.54) is 24.3 Å². The molecule has 2 rings (SSSR count). The SMILES string of the molecule is Cc1cccc(S(=O)(=O)c2cccc(O)c2O)c1C. The van der Waals surface area contributed by atoms with Crippen LogP contribution in [0.15, 0.2) is 46.2 Å². The Labute approximate surface area is 111 Å². The van der Waals surface area contributed by atoms with Gasteiger partial charge in [0.25, 0.3) is 0 Å². The van der Waals surface area contributed by atoms with Crippen molar-refractivity contribution in [3.05, 3.63) is 47.5 Å². The summed E-state index contributed by atoms with van der Waals surface area (Å²) < 4.78 is 25.0. The van der Waals surface area contributed by atoms with E-state index in [1.54, 1.807) is 13.0 Å². The Morgan fingerprint density at radius 2 is 1.47 bits per heavy atom. The van der Waals surface area contributed by atoms with Crippen LogP contribution in [-0.2, 0) is 9.84 Å². The number of aromatic hydroxyl groups is 2. The predicted molar refractivity (Wildman–Crippen MR) is 71.1 cm³/mol. The fraction of sp³-hybridized carbons (Fsp3) is 0.143. The fourth-order valence-electron chi connectivity index (χ4n) is 1.86. The van der Waals surface area contributed by atoms with E-state index < -0.39 is 21.3 Å². The number of hydrogen-bond donors (Lipinski definition) is 2. The molecule has 0 unspecified atom stereocenters. The maximum atomic E-state index is 12.5. The van der Waals surface area contributed by atoms with Gasteiger partial charge in [0.15, 0.2) is 11.5 Å². The Morgan fingerprint density at radius 1 is 0.895 bits per heavy atom. The highest BCUT2D eigenvalue weighted by molar-refractivity contribution is 7.91. The number of hydrogen-bond acceptors (Lipinski definition) is 4. The summed E-state index contributed by atoms with van der Waals surface area (Å²) in [5, 5.41) is 19.1. The summed E-state index contributed by atoms with van der Waals surface area (Å²) in [6.45, 7) is 3.53. The molecule has 19 heavy (non-hydrogen) atoms. The Morgan fingerprint density at radius 3 is 2.16 bits per heavy atom. The lowest BCUT2D eigenvalue weighted by molar-refractivity contribution is 0.393. The van der Waals surface area contributed by atoms with Gasteiger partial charge in [-0.1, -0.05) is 18.2 Å². The van der Waals surface area contributed by atoms with Crippen LogP contribution in [-0.4, -0.2) is 18.6 Å². The van der Waals surface area contributed by atoms with Gasteiger partial charge < -0.3 is 10.2 Å². The van der Waals surface area contributed by atoms with Gasteiger partial charge in [0.05, 0.1) is 4.90 Å². The standard InChI is InChI=1S/C14H14O4S/c1-9-5-3-7-12(10(9)2)19(17,18)13-8-4-6-11(15)14(13)16/h3-8,15-16H,1-2H3. The molecule has 0 saturated carbocycles. The summed E-state index contributed by atoms with van der Waals surface area (Å²) in [5.41, 5.74) is 1.48. The number of phenols is 2. The third kappa shape index (κ3) is 2.17. The van der Waals surface area contributed by atoms with Gasteiger partial charge in [0.1, 0.15) is 4.90 Å². The van der Waals surface area contributed by atoms with Gasteiger partial charge in [-0.3, -0.25) is 0 Å². The van der Waals surface area contributed by atoms with Gasteiger partial charge >= 0.3 is 0 Å². The van der Waals surface area contributed by atoms with Crippen LogP contribution in [0.1, 0.15) is 11.1 Å². The zero-order chi connectivity index (χ0) is 14.2. The average Bonchev–Trinajstić information content (AvgIpc) is 2.35. The Balaban J connectivity index is 2.73. The first-order valence-electron chi connectivity index (χ1n) is 5.68. The molecular weight excluding hydrogens is 264 g/mol. The number of para-hydroxylation sites is 1. The van der Waals surface area contributed by atoms with E-state index in [1.807, 2.05) is 13.0 Å². The van der Waals surface area contributed by atoms with E-state index in [4.69, 9.17) is 0 Å². The van der Waals surface area contributed by atoms with Crippen molar-refractivity contribution in [2.24, 2.45) is 0 Å². The van der Waals surface area contributed by atoms with E-state index in [0.717, 1.165) is 5.56 Å². The lowest BCUT2D eigenvalue weighted by Gasteiger charge is -2.11. The number of rotatable bonds is 2. The molecule has 2 aromatic rings. The van der Waals surface area contributed by atoms with Gasteiger partial charge in [0.2, 0.25) is 9.84 Å². The number of benzene rings is 2. The molecule has 2 N–H and O–H groups in total. The predicted octanol–water partition coefficient (Wildman–Crippen LogP) is 2.55. The number of sulfone groups is 1. The normalized spacial score (nSPS) is 11.5. The van der Waals surface area contributed by atoms with E-state index in [2.05, 4.69) is 0 Å². The quantitative estimate of drug-likeness (QED) is 0.828. The highest BCUT2D eigenvalue weighted by Crippen LogP contribution is 2.36.